The first kappa shape index (κ1) is 15.8. The third kappa shape index (κ3) is 3.73. The Balaban J connectivity index is 2.23. The summed E-state index contributed by atoms with van der Waals surface area (Å²) in [5.74, 6) is -1.37. The largest absolute Gasteiger partial charge is 0.480 e. The normalized spacial score (nSPS) is 17.8. The van der Waals surface area contributed by atoms with Crippen molar-refractivity contribution in [2.45, 2.75) is 51.0 Å². The molecule has 2 rings (SSSR count). The van der Waals surface area contributed by atoms with Gasteiger partial charge < -0.3 is 10.4 Å². The summed E-state index contributed by atoms with van der Waals surface area (Å²) in [6.45, 7) is 1.74. The number of aryl methyl sites for hydroxylation is 1. The Bertz CT molecular complexity index is 532. The highest BCUT2D eigenvalue weighted by molar-refractivity contribution is 6.29. The molecule has 0 saturated heterocycles. The lowest BCUT2D eigenvalue weighted by Crippen LogP contribution is -2.54. The monoisotopic (exact) mass is 310 g/mol. The number of amides is 1. The van der Waals surface area contributed by atoms with Crippen LogP contribution in [-0.2, 0) is 4.79 Å². The van der Waals surface area contributed by atoms with Crippen molar-refractivity contribution >= 4 is 23.5 Å². The van der Waals surface area contributed by atoms with Crippen molar-refractivity contribution in [3.8, 4) is 0 Å². The summed E-state index contributed by atoms with van der Waals surface area (Å²) in [4.78, 5) is 28.1. The number of rotatable bonds is 3. The van der Waals surface area contributed by atoms with E-state index in [2.05, 4.69) is 10.3 Å². The molecule has 0 radical (unpaired) electrons. The number of halogens is 1. The Hall–Kier alpha value is -1.62. The number of pyridine rings is 1. The van der Waals surface area contributed by atoms with E-state index in [9.17, 15) is 14.7 Å². The van der Waals surface area contributed by atoms with Crippen LogP contribution < -0.4 is 5.32 Å². The molecule has 6 heteroatoms. The van der Waals surface area contributed by atoms with Crippen molar-refractivity contribution in [2.24, 2.45) is 0 Å². The summed E-state index contributed by atoms with van der Waals surface area (Å²) < 4.78 is 0. The molecule has 2 N–H and O–H groups in total. The van der Waals surface area contributed by atoms with Crippen LogP contribution in [0, 0.1) is 6.92 Å². The number of carbonyl (C=O) groups is 2. The van der Waals surface area contributed by atoms with E-state index in [1.54, 1.807) is 13.0 Å². The van der Waals surface area contributed by atoms with Crippen molar-refractivity contribution in [3.05, 3.63) is 28.5 Å². The summed E-state index contributed by atoms with van der Waals surface area (Å²) in [7, 11) is 0. The van der Waals surface area contributed by atoms with E-state index in [0.29, 0.717) is 24.1 Å². The number of aliphatic carboxylic acids is 1. The van der Waals surface area contributed by atoms with E-state index in [1.165, 1.54) is 6.07 Å². The van der Waals surface area contributed by atoms with Gasteiger partial charge in [-0.3, -0.25) is 4.79 Å². The molecule has 1 fully saturated rings. The van der Waals surface area contributed by atoms with Gasteiger partial charge in [-0.25, -0.2) is 9.78 Å². The fourth-order valence-corrected chi connectivity index (χ4v) is 3.02. The van der Waals surface area contributed by atoms with Gasteiger partial charge in [0.15, 0.2) is 0 Å². The molecular formula is C15H19ClN2O3. The first-order valence-corrected chi connectivity index (χ1v) is 7.51. The minimum Gasteiger partial charge on any atom is -0.480 e. The van der Waals surface area contributed by atoms with Gasteiger partial charge in [-0.05, 0) is 31.9 Å². The molecule has 1 saturated carbocycles. The molecule has 21 heavy (non-hydrogen) atoms. The third-order valence-corrected chi connectivity index (χ3v) is 4.10. The first-order valence-electron chi connectivity index (χ1n) is 7.13. The fraction of sp³-hybridized carbons (Fsp3) is 0.533. The number of nitrogens with one attached hydrogen (secondary N) is 1. The van der Waals surface area contributed by atoms with Gasteiger partial charge in [0.25, 0.3) is 5.91 Å². The Morgan fingerprint density at radius 3 is 2.38 bits per heavy atom. The van der Waals surface area contributed by atoms with Crippen LogP contribution in [0.2, 0.25) is 5.15 Å². The van der Waals surface area contributed by atoms with Crippen LogP contribution in [0.5, 0.6) is 0 Å². The maximum absolute atomic E-state index is 12.4. The van der Waals surface area contributed by atoms with E-state index >= 15 is 0 Å². The molecule has 1 heterocycles. The average Bonchev–Trinajstić information content (AvgIpc) is 2.64. The molecule has 1 amide bonds. The molecule has 1 aromatic heterocycles. The quantitative estimate of drug-likeness (QED) is 0.664. The highest BCUT2D eigenvalue weighted by Crippen LogP contribution is 2.28. The van der Waals surface area contributed by atoms with E-state index < -0.39 is 17.4 Å². The second-order valence-electron chi connectivity index (χ2n) is 5.58. The number of hydrogen-bond acceptors (Lipinski definition) is 3. The van der Waals surface area contributed by atoms with Crippen molar-refractivity contribution in [2.75, 3.05) is 0 Å². The number of carboxylic acid groups (broad SMARTS) is 1. The number of carboxylic acids is 1. The standard InChI is InChI=1S/C15H19ClN2O3/c1-10-8-11(9-12(16)17-10)13(19)18-15(14(20)21)6-4-2-3-5-7-15/h8-9H,2-7H2,1H3,(H,18,19)(H,20,21). The topological polar surface area (TPSA) is 79.3 Å². The molecular weight excluding hydrogens is 292 g/mol. The molecule has 0 atom stereocenters. The smallest absolute Gasteiger partial charge is 0.329 e. The van der Waals surface area contributed by atoms with Gasteiger partial charge in [-0.1, -0.05) is 37.3 Å². The first-order chi connectivity index (χ1) is 9.93. The van der Waals surface area contributed by atoms with Crippen LogP contribution in [0.1, 0.15) is 54.6 Å². The van der Waals surface area contributed by atoms with Gasteiger partial charge in [0.1, 0.15) is 10.7 Å². The molecule has 0 aliphatic heterocycles. The predicted molar refractivity (Wildman–Crippen MR) is 79.5 cm³/mol. The minimum absolute atomic E-state index is 0.227. The predicted octanol–water partition coefficient (Wildman–Crippen LogP) is 2.95. The van der Waals surface area contributed by atoms with E-state index in [1.807, 2.05) is 0 Å². The number of aromatic nitrogens is 1. The average molecular weight is 311 g/mol. The molecule has 5 nitrogen and oxygen atoms in total. The Kier molecular flexibility index (Phi) is 4.83. The zero-order chi connectivity index (χ0) is 15.5. The van der Waals surface area contributed by atoms with Gasteiger partial charge >= 0.3 is 5.97 Å². The Labute approximate surface area is 128 Å². The second-order valence-corrected chi connectivity index (χ2v) is 5.96. The lowest BCUT2D eigenvalue weighted by Gasteiger charge is -2.29. The van der Waals surface area contributed by atoms with Crippen molar-refractivity contribution in [1.29, 1.82) is 0 Å². The van der Waals surface area contributed by atoms with Crippen LogP contribution >= 0.6 is 11.6 Å². The van der Waals surface area contributed by atoms with Gasteiger partial charge in [-0.15, -0.1) is 0 Å². The maximum Gasteiger partial charge on any atom is 0.329 e. The lowest BCUT2D eigenvalue weighted by molar-refractivity contribution is -0.145. The highest BCUT2D eigenvalue weighted by Gasteiger charge is 2.40. The highest BCUT2D eigenvalue weighted by atomic mass is 35.5. The number of carbonyl (C=O) groups excluding carboxylic acids is 1. The van der Waals surface area contributed by atoms with E-state index in [0.717, 1.165) is 25.7 Å². The molecule has 0 spiro atoms. The zero-order valence-corrected chi connectivity index (χ0v) is 12.7. The summed E-state index contributed by atoms with van der Waals surface area (Å²) in [5.41, 5.74) is -0.202. The summed E-state index contributed by atoms with van der Waals surface area (Å²) >= 11 is 5.85. The minimum atomic E-state index is -1.17. The summed E-state index contributed by atoms with van der Waals surface area (Å²) in [6, 6.07) is 3.06. The lowest BCUT2D eigenvalue weighted by atomic mass is 9.90. The fourth-order valence-electron chi connectivity index (χ4n) is 2.77. The molecule has 1 aromatic rings. The van der Waals surface area contributed by atoms with Crippen molar-refractivity contribution < 1.29 is 14.7 Å². The van der Waals surface area contributed by atoms with Crippen LogP contribution in [-0.4, -0.2) is 27.5 Å². The van der Waals surface area contributed by atoms with E-state index in [4.69, 9.17) is 11.6 Å². The second kappa shape index (κ2) is 6.43. The molecule has 0 bridgehead atoms. The maximum atomic E-state index is 12.4. The van der Waals surface area contributed by atoms with Gasteiger partial charge in [-0.2, -0.15) is 0 Å². The van der Waals surface area contributed by atoms with Gasteiger partial charge in [0.2, 0.25) is 0 Å². The molecule has 114 valence electrons. The Morgan fingerprint density at radius 1 is 1.24 bits per heavy atom. The van der Waals surface area contributed by atoms with Gasteiger partial charge in [0, 0.05) is 11.3 Å². The summed E-state index contributed by atoms with van der Waals surface area (Å²) in [5, 5.41) is 12.5. The van der Waals surface area contributed by atoms with E-state index in [-0.39, 0.29) is 5.15 Å². The SMILES string of the molecule is Cc1cc(C(=O)NC2(C(=O)O)CCCCCC2)cc(Cl)n1. The number of hydrogen-bond donors (Lipinski definition) is 2. The van der Waals surface area contributed by atoms with Crippen molar-refractivity contribution in [3.63, 3.8) is 0 Å². The molecule has 0 aromatic carbocycles. The van der Waals surface area contributed by atoms with Gasteiger partial charge in [0.05, 0.1) is 0 Å². The third-order valence-electron chi connectivity index (χ3n) is 3.90. The van der Waals surface area contributed by atoms with Crippen LogP contribution in [0.25, 0.3) is 0 Å². The molecule has 0 unspecified atom stereocenters. The van der Waals surface area contributed by atoms with Crippen LogP contribution in [0.3, 0.4) is 0 Å². The zero-order valence-electron chi connectivity index (χ0n) is 12.0. The molecule has 1 aliphatic rings. The van der Waals surface area contributed by atoms with Crippen LogP contribution in [0.15, 0.2) is 12.1 Å². The summed E-state index contributed by atoms with van der Waals surface area (Å²) in [6.07, 6.45) is 4.55. The van der Waals surface area contributed by atoms with Crippen molar-refractivity contribution in [1.82, 2.24) is 10.3 Å². The number of nitrogens with zero attached hydrogens (tertiary/aromatic N) is 1. The van der Waals surface area contributed by atoms with Crippen LogP contribution in [0.4, 0.5) is 0 Å². The Morgan fingerprint density at radius 2 is 1.86 bits per heavy atom. The molecule has 1 aliphatic carbocycles.